The average molecular weight is 299 g/mol. The van der Waals surface area contributed by atoms with E-state index in [1.807, 2.05) is 13.8 Å². The molecule has 1 heterocycles. The average Bonchev–Trinajstić information content (AvgIpc) is 2.34. The first-order valence-corrected chi connectivity index (χ1v) is 6.86. The van der Waals surface area contributed by atoms with Gasteiger partial charge in [-0.1, -0.05) is 17.7 Å². The van der Waals surface area contributed by atoms with Gasteiger partial charge in [-0.3, -0.25) is 4.79 Å². The standard InChI is InChI=1S/C14H19ClN2O3/c1-14(2)8-17-6-9(20-14)7-19-11-5-3-4-10(15)12(11)13(16)18/h3-5,9,17H,6-8H2,1-2H3,(H2,16,18). The van der Waals surface area contributed by atoms with Gasteiger partial charge in [-0.15, -0.1) is 0 Å². The molecule has 0 aliphatic carbocycles. The highest BCUT2D eigenvalue weighted by atomic mass is 35.5. The second-order valence-electron chi connectivity index (χ2n) is 5.42. The van der Waals surface area contributed by atoms with Gasteiger partial charge in [0, 0.05) is 13.1 Å². The molecule has 1 aromatic carbocycles. The van der Waals surface area contributed by atoms with E-state index in [2.05, 4.69) is 5.32 Å². The molecule has 0 radical (unpaired) electrons. The minimum Gasteiger partial charge on any atom is -0.490 e. The molecule has 0 spiro atoms. The van der Waals surface area contributed by atoms with E-state index in [0.29, 0.717) is 18.9 Å². The lowest BCUT2D eigenvalue weighted by atomic mass is 10.1. The molecule has 3 N–H and O–H groups in total. The first-order valence-electron chi connectivity index (χ1n) is 6.49. The molecule has 1 saturated heterocycles. The van der Waals surface area contributed by atoms with Crippen molar-refractivity contribution in [3.8, 4) is 5.75 Å². The summed E-state index contributed by atoms with van der Waals surface area (Å²) in [4.78, 5) is 11.4. The number of primary amides is 1. The molecular formula is C14H19ClN2O3. The van der Waals surface area contributed by atoms with Gasteiger partial charge in [0.2, 0.25) is 0 Å². The molecule has 20 heavy (non-hydrogen) atoms. The van der Waals surface area contributed by atoms with Crippen molar-refractivity contribution < 1.29 is 14.3 Å². The topological polar surface area (TPSA) is 73.6 Å². The number of carbonyl (C=O) groups excluding carboxylic acids is 1. The van der Waals surface area contributed by atoms with E-state index in [4.69, 9.17) is 26.8 Å². The van der Waals surface area contributed by atoms with Crippen molar-refractivity contribution in [3.63, 3.8) is 0 Å². The summed E-state index contributed by atoms with van der Waals surface area (Å²) in [5, 5.41) is 3.58. The third kappa shape index (κ3) is 3.62. The number of benzene rings is 1. The van der Waals surface area contributed by atoms with Crippen molar-refractivity contribution in [1.29, 1.82) is 0 Å². The van der Waals surface area contributed by atoms with Crippen LogP contribution >= 0.6 is 11.6 Å². The molecule has 1 aliphatic heterocycles. The summed E-state index contributed by atoms with van der Waals surface area (Å²) in [7, 11) is 0. The molecule has 1 amide bonds. The van der Waals surface area contributed by atoms with Crippen LogP contribution in [-0.2, 0) is 4.74 Å². The summed E-state index contributed by atoms with van der Waals surface area (Å²) in [6, 6.07) is 5.00. The van der Waals surface area contributed by atoms with Crippen molar-refractivity contribution in [1.82, 2.24) is 5.32 Å². The van der Waals surface area contributed by atoms with Crippen LogP contribution in [0.3, 0.4) is 0 Å². The molecule has 0 saturated carbocycles. The van der Waals surface area contributed by atoms with Gasteiger partial charge in [0.1, 0.15) is 18.5 Å². The van der Waals surface area contributed by atoms with Crippen LogP contribution in [0.4, 0.5) is 0 Å². The number of carbonyl (C=O) groups is 1. The van der Waals surface area contributed by atoms with Crippen molar-refractivity contribution in [2.45, 2.75) is 25.6 Å². The van der Waals surface area contributed by atoms with E-state index in [0.717, 1.165) is 6.54 Å². The van der Waals surface area contributed by atoms with E-state index < -0.39 is 5.91 Å². The Balaban J connectivity index is 2.04. The van der Waals surface area contributed by atoms with Crippen molar-refractivity contribution in [2.24, 2.45) is 5.73 Å². The van der Waals surface area contributed by atoms with Gasteiger partial charge >= 0.3 is 0 Å². The summed E-state index contributed by atoms with van der Waals surface area (Å²) in [6.07, 6.45) is -0.0848. The van der Waals surface area contributed by atoms with Crippen molar-refractivity contribution >= 4 is 17.5 Å². The van der Waals surface area contributed by atoms with Gasteiger partial charge in [-0.2, -0.15) is 0 Å². The lowest BCUT2D eigenvalue weighted by Gasteiger charge is -2.36. The SMILES string of the molecule is CC1(C)CNCC(COc2cccc(Cl)c2C(N)=O)O1. The molecule has 0 aromatic heterocycles. The van der Waals surface area contributed by atoms with Gasteiger partial charge in [0.25, 0.3) is 5.91 Å². The maximum absolute atomic E-state index is 11.4. The Morgan fingerprint density at radius 2 is 2.35 bits per heavy atom. The molecule has 1 unspecified atom stereocenters. The highest BCUT2D eigenvalue weighted by Gasteiger charge is 2.29. The minimum atomic E-state index is -0.603. The fraction of sp³-hybridized carbons (Fsp3) is 0.500. The van der Waals surface area contributed by atoms with E-state index in [-0.39, 0.29) is 22.3 Å². The quantitative estimate of drug-likeness (QED) is 0.885. The number of hydrogen-bond donors (Lipinski definition) is 2. The van der Waals surface area contributed by atoms with Crippen LogP contribution in [0, 0.1) is 0 Å². The van der Waals surface area contributed by atoms with E-state index in [1.165, 1.54) is 0 Å². The molecule has 1 aliphatic rings. The number of rotatable bonds is 4. The number of nitrogens with one attached hydrogen (secondary N) is 1. The van der Waals surface area contributed by atoms with Crippen LogP contribution < -0.4 is 15.8 Å². The Morgan fingerprint density at radius 1 is 1.60 bits per heavy atom. The summed E-state index contributed by atoms with van der Waals surface area (Å²) < 4.78 is 11.6. The number of hydrogen-bond acceptors (Lipinski definition) is 4. The highest BCUT2D eigenvalue weighted by molar-refractivity contribution is 6.34. The number of morpholine rings is 1. The Kier molecular flexibility index (Phi) is 4.52. The van der Waals surface area contributed by atoms with Gasteiger partial charge in [-0.05, 0) is 26.0 Å². The predicted octanol–water partition coefficient (Wildman–Crippen LogP) is 1.58. The lowest BCUT2D eigenvalue weighted by Crippen LogP contribution is -2.52. The largest absolute Gasteiger partial charge is 0.490 e. The van der Waals surface area contributed by atoms with Crippen molar-refractivity contribution in [2.75, 3.05) is 19.7 Å². The summed E-state index contributed by atoms with van der Waals surface area (Å²) in [5.74, 6) is -0.217. The molecule has 1 aromatic rings. The summed E-state index contributed by atoms with van der Waals surface area (Å²) in [5.41, 5.74) is 5.30. The Bertz CT molecular complexity index is 505. The van der Waals surface area contributed by atoms with Crippen molar-refractivity contribution in [3.05, 3.63) is 28.8 Å². The Labute approximate surface area is 123 Å². The first-order chi connectivity index (χ1) is 9.39. The summed E-state index contributed by atoms with van der Waals surface area (Å²) >= 11 is 5.97. The maximum atomic E-state index is 11.4. The lowest BCUT2D eigenvalue weighted by molar-refractivity contribution is -0.107. The highest BCUT2D eigenvalue weighted by Crippen LogP contribution is 2.26. The van der Waals surface area contributed by atoms with Crippen LogP contribution in [0.25, 0.3) is 0 Å². The molecule has 0 bridgehead atoms. The van der Waals surface area contributed by atoms with Gasteiger partial charge in [-0.25, -0.2) is 0 Å². The monoisotopic (exact) mass is 298 g/mol. The van der Waals surface area contributed by atoms with E-state index in [1.54, 1.807) is 18.2 Å². The summed E-state index contributed by atoms with van der Waals surface area (Å²) in [6.45, 7) is 5.86. The molecule has 1 atom stereocenters. The van der Waals surface area contributed by atoms with E-state index in [9.17, 15) is 4.79 Å². The second kappa shape index (κ2) is 5.99. The van der Waals surface area contributed by atoms with Crippen LogP contribution in [0.5, 0.6) is 5.75 Å². The van der Waals surface area contributed by atoms with Gasteiger partial charge in [0.15, 0.2) is 0 Å². The zero-order valence-corrected chi connectivity index (χ0v) is 12.4. The third-order valence-corrected chi connectivity index (χ3v) is 3.37. The zero-order valence-electron chi connectivity index (χ0n) is 11.6. The minimum absolute atomic E-state index is 0.0848. The molecule has 6 heteroatoms. The number of nitrogens with two attached hydrogens (primary N) is 1. The molecule has 110 valence electrons. The fourth-order valence-corrected chi connectivity index (χ4v) is 2.47. The van der Waals surface area contributed by atoms with Crippen LogP contribution in [0.15, 0.2) is 18.2 Å². The number of amides is 1. The first kappa shape index (κ1) is 15.1. The third-order valence-electron chi connectivity index (χ3n) is 3.05. The Hall–Kier alpha value is -1.30. The van der Waals surface area contributed by atoms with Gasteiger partial charge in [0.05, 0.1) is 16.2 Å². The molecular weight excluding hydrogens is 280 g/mol. The second-order valence-corrected chi connectivity index (χ2v) is 5.83. The normalized spacial score (nSPS) is 21.4. The van der Waals surface area contributed by atoms with Gasteiger partial charge < -0.3 is 20.5 Å². The van der Waals surface area contributed by atoms with Crippen LogP contribution in [-0.4, -0.2) is 37.3 Å². The zero-order chi connectivity index (χ0) is 14.8. The smallest absolute Gasteiger partial charge is 0.253 e. The predicted molar refractivity (Wildman–Crippen MR) is 77.3 cm³/mol. The molecule has 5 nitrogen and oxygen atoms in total. The number of halogens is 1. The van der Waals surface area contributed by atoms with Crippen LogP contribution in [0.2, 0.25) is 5.02 Å². The Morgan fingerprint density at radius 3 is 3.00 bits per heavy atom. The molecule has 1 fully saturated rings. The van der Waals surface area contributed by atoms with E-state index >= 15 is 0 Å². The van der Waals surface area contributed by atoms with Crippen LogP contribution in [0.1, 0.15) is 24.2 Å². The fourth-order valence-electron chi connectivity index (χ4n) is 2.21. The molecule has 2 rings (SSSR count). The number of ether oxygens (including phenoxy) is 2. The maximum Gasteiger partial charge on any atom is 0.253 e.